The minimum atomic E-state index is -0.00791. The number of amides is 2. The van der Waals surface area contributed by atoms with E-state index in [9.17, 15) is 4.79 Å². The van der Waals surface area contributed by atoms with Crippen LogP contribution in [0.1, 0.15) is 19.3 Å². The topological polar surface area (TPSA) is 61.0 Å². The highest BCUT2D eigenvalue weighted by Gasteiger charge is 2.16. The van der Waals surface area contributed by atoms with Gasteiger partial charge in [-0.25, -0.2) is 4.79 Å². The molecule has 0 bridgehead atoms. The zero-order chi connectivity index (χ0) is 13.8. The van der Waals surface area contributed by atoms with Gasteiger partial charge < -0.3 is 10.2 Å². The Labute approximate surface area is 118 Å². The van der Waals surface area contributed by atoms with Crippen LogP contribution < -0.4 is 5.32 Å². The zero-order valence-electron chi connectivity index (χ0n) is 11.3. The van der Waals surface area contributed by atoms with Gasteiger partial charge in [-0.2, -0.15) is 5.10 Å². The van der Waals surface area contributed by atoms with Crippen LogP contribution in [0.4, 0.5) is 10.5 Å². The van der Waals surface area contributed by atoms with Crippen LogP contribution in [0, 0.1) is 0 Å². The fourth-order valence-electron chi connectivity index (χ4n) is 2.48. The number of carbonyl (C=O) groups is 1. The van der Waals surface area contributed by atoms with Crippen LogP contribution in [-0.4, -0.2) is 34.2 Å². The van der Waals surface area contributed by atoms with Gasteiger partial charge in [0.25, 0.3) is 0 Å². The van der Waals surface area contributed by atoms with Crippen LogP contribution in [0.25, 0.3) is 11.3 Å². The first-order valence-corrected chi connectivity index (χ1v) is 6.99. The molecule has 1 aliphatic heterocycles. The smallest absolute Gasteiger partial charge is 0.321 e. The SMILES string of the molecule is O=C(Nc1cccc(-c2ccn[nH]2)c1)N1CCCCC1. The first-order chi connectivity index (χ1) is 9.83. The van der Waals surface area contributed by atoms with Crippen molar-refractivity contribution in [3.63, 3.8) is 0 Å². The number of H-pyrrole nitrogens is 1. The van der Waals surface area contributed by atoms with E-state index >= 15 is 0 Å². The van der Waals surface area contributed by atoms with Gasteiger partial charge in [0.15, 0.2) is 0 Å². The third-order valence-electron chi connectivity index (χ3n) is 3.57. The number of likely N-dealkylation sites (tertiary alicyclic amines) is 1. The maximum atomic E-state index is 12.2. The standard InChI is InChI=1S/C15H18N4O/c20-15(19-9-2-1-3-10-19)17-13-6-4-5-12(11-13)14-7-8-16-18-14/h4-8,11H,1-3,9-10H2,(H,16,18)(H,17,20). The van der Waals surface area contributed by atoms with Crippen molar-refractivity contribution in [3.05, 3.63) is 36.5 Å². The van der Waals surface area contributed by atoms with Crippen LogP contribution in [0.15, 0.2) is 36.5 Å². The first kappa shape index (κ1) is 12.7. The summed E-state index contributed by atoms with van der Waals surface area (Å²) < 4.78 is 0. The normalized spacial score (nSPS) is 15.1. The number of carbonyl (C=O) groups excluding carboxylic acids is 1. The number of nitrogens with one attached hydrogen (secondary N) is 2. The highest BCUT2D eigenvalue weighted by atomic mass is 16.2. The molecule has 2 amide bonds. The van der Waals surface area contributed by atoms with Gasteiger partial charge in [-0.15, -0.1) is 0 Å². The summed E-state index contributed by atoms with van der Waals surface area (Å²) in [4.78, 5) is 14.0. The third-order valence-corrected chi connectivity index (χ3v) is 3.57. The molecule has 2 heterocycles. The van der Waals surface area contributed by atoms with E-state index < -0.39 is 0 Å². The number of hydrogen-bond donors (Lipinski definition) is 2. The second kappa shape index (κ2) is 5.77. The molecule has 3 rings (SSSR count). The molecule has 0 unspecified atom stereocenters. The van der Waals surface area contributed by atoms with Gasteiger partial charge >= 0.3 is 6.03 Å². The van der Waals surface area contributed by atoms with Crippen molar-refractivity contribution < 1.29 is 4.79 Å². The molecule has 1 aromatic carbocycles. The van der Waals surface area contributed by atoms with Gasteiger partial charge in [-0.3, -0.25) is 5.10 Å². The highest BCUT2D eigenvalue weighted by Crippen LogP contribution is 2.21. The largest absolute Gasteiger partial charge is 0.325 e. The Balaban J connectivity index is 1.71. The fourth-order valence-corrected chi connectivity index (χ4v) is 2.48. The number of aromatic amines is 1. The molecule has 1 aromatic heterocycles. The van der Waals surface area contributed by atoms with Gasteiger partial charge in [0.1, 0.15) is 0 Å². The molecule has 0 radical (unpaired) electrons. The number of hydrogen-bond acceptors (Lipinski definition) is 2. The molecule has 0 atom stereocenters. The molecule has 0 saturated carbocycles. The predicted molar refractivity (Wildman–Crippen MR) is 78.5 cm³/mol. The number of aromatic nitrogens is 2. The molecule has 0 aliphatic carbocycles. The van der Waals surface area contributed by atoms with Crippen molar-refractivity contribution in [1.82, 2.24) is 15.1 Å². The monoisotopic (exact) mass is 270 g/mol. The lowest BCUT2D eigenvalue weighted by Gasteiger charge is -2.26. The van der Waals surface area contributed by atoms with Gasteiger partial charge in [0, 0.05) is 30.5 Å². The number of piperidine rings is 1. The second-order valence-corrected chi connectivity index (χ2v) is 5.03. The van der Waals surface area contributed by atoms with Crippen molar-refractivity contribution in [2.45, 2.75) is 19.3 Å². The molecule has 5 nitrogen and oxygen atoms in total. The van der Waals surface area contributed by atoms with Crippen LogP contribution in [0.5, 0.6) is 0 Å². The summed E-state index contributed by atoms with van der Waals surface area (Å²) >= 11 is 0. The maximum absolute atomic E-state index is 12.2. The summed E-state index contributed by atoms with van der Waals surface area (Å²) in [5.41, 5.74) is 2.77. The van der Waals surface area contributed by atoms with E-state index in [0.29, 0.717) is 0 Å². The van der Waals surface area contributed by atoms with Crippen LogP contribution in [0.3, 0.4) is 0 Å². The van der Waals surface area contributed by atoms with Crippen LogP contribution in [-0.2, 0) is 0 Å². The third kappa shape index (κ3) is 2.82. The van der Waals surface area contributed by atoms with E-state index in [1.54, 1.807) is 6.20 Å². The quantitative estimate of drug-likeness (QED) is 0.881. The lowest BCUT2D eigenvalue weighted by Crippen LogP contribution is -2.38. The van der Waals surface area contributed by atoms with Gasteiger partial charge in [-0.1, -0.05) is 12.1 Å². The Morgan fingerprint density at radius 1 is 1.20 bits per heavy atom. The molecule has 2 N–H and O–H groups in total. The van der Waals surface area contributed by atoms with E-state index in [4.69, 9.17) is 0 Å². The Morgan fingerprint density at radius 3 is 2.80 bits per heavy atom. The fraction of sp³-hybridized carbons (Fsp3) is 0.333. The summed E-state index contributed by atoms with van der Waals surface area (Å²) in [6.45, 7) is 1.71. The predicted octanol–water partition coefficient (Wildman–Crippen LogP) is 3.09. The van der Waals surface area contributed by atoms with Crippen LogP contribution >= 0.6 is 0 Å². The van der Waals surface area contributed by atoms with Crippen molar-refractivity contribution >= 4 is 11.7 Å². The summed E-state index contributed by atoms with van der Waals surface area (Å²) in [6.07, 6.45) is 5.14. The van der Waals surface area contributed by atoms with Crippen molar-refractivity contribution in [3.8, 4) is 11.3 Å². The first-order valence-electron chi connectivity index (χ1n) is 6.99. The van der Waals surface area contributed by atoms with E-state index in [0.717, 1.165) is 42.9 Å². The highest BCUT2D eigenvalue weighted by molar-refractivity contribution is 5.90. The minimum Gasteiger partial charge on any atom is -0.325 e. The Kier molecular flexibility index (Phi) is 3.67. The van der Waals surface area contributed by atoms with E-state index in [-0.39, 0.29) is 6.03 Å². The average molecular weight is 270 g/mol. The van der Waals surface area contributed by atoms with Gasteiger partial charge in [-0.05, 0) is 37.5 Å². The lowest BCUT2D eigenvalue weighted by molar-refractivity contribution is 0.200. The molecule has 1 aliphatic rings. The molecule has 20 heavy (non-hydrogen) atoms. The summed E-state index contributed by atoms with van der Waals surface area (Å²) in [5.74, 6) is 0. The number of rotatable bonds is 2. The van der Waals surface area contributed by atoms with E-state index in [2.05, 4.69) is 15.5 Å². The molecule has 1 fully saturated rings. The van der Waals surface area contributed by atoms with Crippen molar-refractivity contribution in [2.24, 2.45) is 0 Å². The Bertz CT molecular complexity index is 573. The van der Waals surface area contributed by atoms with Crippen molar-refractivity contribution in [1.29, 1.82) is 0 Å². The second-order valence-electron chi connectivity index (χ2n) is 5.03. The van der Waals surface area contributed by atoms with Gasteiger partial charge in [0.05, 0.1) is 5.69 Å². The molecule has 5 heteroatoms. The number of nitrogens with zero attached hydrogens (tertiary/aromatic N) is 2. The maximum Gasteiger partial charge on any atom is 0.321 e. The average Bonchev–Trinajstić information content (AvgIpc) is 3.03. The summed E-state index contributed by atoms with van der Waals surface area (Å²) in [7, 11) is 0. The number of anilines is 1. The minimum absolute atomic E-state index is 0.00791. The van der Waals surface area contributed by atoms with E-state index in [1.165, 1.54) is 6.42 Å². The lowest BCUT2D eigenvalue weighted by atomic mass is 10.1. The Morgan fingerprint density at radius 2 is 2.05 bits per heavy atom. The van der Waals surface area contributed by atoms with Gasteiger partial charge in [0.2, 0.25) is 0 Å². The molecule has 2 aromatic rings. The molecular weight excluding hydrogens is 252 g/mol. The summed E-state index contributed by atoms with van der Waals surface area (Å²) in [5, 5.41) is 9.83. The summed E-state index contributed by atoms with van der Waals surface area (Å²) in [6, 6.07) is 9.68. The van der Waals surface area contributed by atoms with Crippen LogP contribution in [0.2, 0.25) is 0 Å². The Hall–Kier alpha value is -2.30. The zero-order valence-corrected chi connectivity index (χ0v) is 11.3. The molecule has 1 saturated heterocycles. The van der Waals surface area contributed by atoms with E-state index in [1.807, 2.05) is 35.2 Å². The molecule has 104 valence electrons. The number of benzene rings is 1. The molecular formula is C15H18N4O. The van der Waals surface area contributed by atoms with Crippen molar-refractivity contribution in [2.75, 3.05) is 18.4 Å². The number of urea groups is 1. The molecule has 0 spiro atoms.